The van der Waals surface area contributed by atoms with Gasteiger partial charge in [-0.25, -0.2) is 0 Å². The third-order valence-electron chi connectivity index (χ3n) is 4.91. The molecule has 31 heavy (non-hydrogen) atoms. The second kappa shape index (κ2) is 10.5. The molecule has 0 aliphatic rings. The molecule has 0 radical (unpaired) electrons. The van der Waals surface area contributed by atoms with Gasteiger partial charge in [0.2, 0.25) is 0 Å². The molecule has 0 aliphatic heterocycles. The van der Waals surface area contributed by atoms with Crippen LogP contribution in [0.3, 0.4) is 0 Å². The fourth-order valence-electron chi connectivity index (χ4n) is 3.27. The van der Waals surface area contributed by atoms with Crippen LogP contribution in [-0.2, 0) is 17.8 Å². The maximum atomic E-state index is 11.2. The largest absolute Gasteiger partial charge is 0.493 e. The predicted octanol–water partition coefficient (Wildman–Crippen LogP) is 5.06. The first kappa shape index (κ1) is 22.8. The van der Waals surface area contributed by atoms with Crippen LogP contribution in [0.5, 0.6) is 5.75 Å². The number of rotatable bonds is 10. The molecule has 0 spiro atoms. The number of aliphatic hydroxyl groups is 1. The van der Waals surface area contributed by atoms with Crippen LogP contribution in [0.1, 0.15) is 32.3 Å². The van der Waals surface area contributed by atoms with E-state index in [0.29, 0.717) is 41.6 Å². The number of aliphatic carboxylic acids is 1. The molecular weight excluding hydrogens is 416 g/mol. The highest BCUT2D eigenvalue weighted by molar-refractivity contribution is 6.30. The number of aromatic nitrogens is 2. The summed E-state index contributed by atoms with van der Waals surface area (Å²) in [5, 5.41) is 24.8. The van der Waals surface area contributed by atoms with E-state index < -0.39 is 12.1 Å². The summed E-state index contributed by atoms with van der Waals surface area (Å²) in [4.78, 5) is 11.2. The Balaban J connectivity index is 2.11. The van der Waals surface area contributed by atoms with Gasteiger partial charge in [-0.15, -0.1) is 0 Å². The van der Waals surface area contributed by atoms with Gasteiger partial charge >= 0.3 is 5.97 Å². The van der Waals surface area contributed by atoms with E-state index in [2.05, 4.69) is 0 Å². The van der Waals surface area contributed by atoms with Gasteiger partial charge in [-0.05, 0) is 54.3 Å². The third kappa shape index (κ3) is 5.87. The van der Waals surface area contributed by atoms with Crippen LogP contribution in [0, 0.1) is 0 Å². The zero-order valence-corrected chi connectivity index (χ0v) is 18.5. The van der Waals surface area contributed by atoms with Crippen molar-refractivity contribution in [3.05, 3.63) is 59.1 Å². The molecule has 1 aromatic heterocycles. The number of carboxylic acids is 1. The zero-order valence-electron chi connectivity index (χ0n) is 17.7. The Morgan fingerprint density at radius 3 is 2.55 bits per heavy atom. The highest BCUT2D eigenvalue weighted by atomic mass is 35.5. The lowest BCUT2D eigenvalue weighted by Crippen LogP contribution is -2.16. The molecule has 164 valence electrons. The maximum Gasteiger partial charge on any atom is 0.307 e. The first-order valence-electron chi connectivity index (χ1n) is 10.4. The lowest BCUT2D eigenvalue weighted by molar-refractivity contribution is -0.136. The van der Waals surface area contributed by atoms with Crippen molar-refractivity contribution in [1.29, 1.82) is 0 Å². The van der Waals surface area contributed by atoms with Gasteiger partial charge in [-0.1, -0.05) is 43.6 Å². The SMILES string of the molecule is CCCOc1ccc(CC(=O)O)cc1-c1cc(-c2ccc(Cl)cc2)n(C[C@@H](O)CC)n1. The summed E-state index contributed by atoms with van der Waals surface area (Å²) in [7, 11) is 0. The van der Waals surface area contributed by atoms with E-state index in [1.54, 1.807) is 16.8 Å². The average molecular weight is 443 g/mol. The topological polar surface area (TPSA) is 84.6 Å². The Labute approximate surface area is 187 Å². The number of hydrogen-bond acceptors (Lipinski definition) is 4. The Kier molecular flexibility index (Phi) is 7.71. The summed E-state index contributed by atoms with van der Waals surface area (Å²) >= 11 is 6.05. The molecule has 3 rings (SSSR count). The number of benzene rings is 2. The van der Waals surface area contributed by atoms with Gasteiger partial charge in [0.25, 0.3) is 0 Å². The highest BCUT2D eigenvalue weighted by Crippen LogP contribution is 2.34. The van der Waals surface area contributed by atoms with Crippen molar-refractivity contribution in [1.82, 2.24) is 9.78 Å². The normalized spacial score (nSPS) is 12.0. The summed E-state index contributed by atoms with van der Waals surface area (Å²) in [6.07, 6.45) is 0.839. The van der Waals surface area contributed by atoms with Crippen LogP contribution in [0.2, 0.25) is 5.02 Å². The van der Waals surface area contributed by atoms with E-state index in [9.17, 15) is 15.0 Å². The summed E-state index contributed by atoms with van der Waals surface area (Å²) in [6, 6.07) is 14.8. The number of ether oxygens (including phenoxy) is 1. The lowest BCUT2D eigenvalue weighted by Gasteiger charge is -2.12. The summed E-state index contributed by atoms with van der Waals surface area (Å²) in [6.45, 7) is 4.83. The second-order valence-electron chi connectivity index (χ2n) is 7.42. The summed E-state index contributed by atoms with van der Waals surface area (Å²) < 4.78 is 7.69. The molecule has 0 saturated carbocycles. The van der Waals surface area contributed by atoms with Crippen molar-refractivity contribution in [3.63, 3.8) is 0 Å². The fraction of sp³-hybridized carbons (Fsp3) is 0.333. The minimum absolute atomic E-state index is 0.0830. The Hall–Kier alpha value is -2.83. The average Bonchev–Trinajstić information content (AvgIpc) is 3.16. The van der Waals surface area contributed by atoms with Crippen molar-refractivity contribution < 1.29 is 19.7 Å². The molecule has 0 fully saturated rings. The molecule has 0 unspecified atom stereocenters. The molecule has 7 heteroatoms. The van der Waals surface area contributed by atoms with Gasteiger partial charge in [0.05, 0.1) is 37.1 Å². The smallest absolute Gasteiger partial charge is 0.307 e. The van der Waals surface area contributed by atoms with Crippen molar-refractivity contribution >= 4 is 17.6 Å². The molecule has 0 aliphatic carbocycles. The van der Waals surface area contributed by atoms with Crippen molar-refractivity contribution in [3.8, 4) is 28.3 Å². The van der Waals surface area contributed by atoms with Crippen LogP contribution in [-0.4, -0.2) is 38.7 Å². The van der Waals surface area contributed by atoms with Gasteiger partial charge in [-0.3, -0.25) is 9.48 Å². The van der Waals surface area contributed by atoms with Crippen LogP contribution >= 0.6 is 11.6 Å². The molecule has 2 N–H and O–H groups in total. The Morgan fingerprint density at radius 1 is 1.16 bits per heavy atom. The summed E-state index contributed by atoms with van der Waals surface area (Å²) in [5.74, 6) is -0.244. The van der Waals surface area contributed by atoms with E-state index in [0.717, 1.165) is 23.2 Å². The van der Waals surface area contributed by atoms with Crippen molar-refractivity contribution in [2.75, 3.05) is 6.61 Å². The van der Waals surface area contributed by atoms with Crippen molar-refractivity contribution in [2.45, 2.75) is 45.8 Å². The molecular formula is C24H27ClN2O4. The molecule has 0 saturated heterocycles. The summed E-state index contributed by atoms with van der Waals surface area (Å²) in [5.41, 5.74) is 3.81. The third-order valence-corrected chi connectivity index (χ3v) is 5.16. The monoisotopic (exact) mass is 442 g/mol. The maximum absolute atomic E-state index is 11.2. The number of carbonyl (C=O) groups is 1. The first-order chi connectivity index (χ1) is 14.9. The molecule has 0 bridgehead atoms. The standard InChI is InChI=1S/C24H27ClN2O4/c1-3-11-31-23-10-5-16(13-24(29)30)12-20(23)21-14-22(17-6-8-18(25)9-7-17)27(26-21)15-19(28)4-2/h5-10,12,14,19,28H,3-4,11,13,15H2,1-2H3,(H,29,30)/t19-/m0/s1. The molecule has 1 heterocycles. The van der Waals surface area contributed by atoms with E-state index in [4.69, 9.17) is 21.4 Å². The van der Waals surface area contributed by atoms with Crippen LogP contribution in [0.4, 0.5) is 0 Å². The van der Waals surface area contributed by atoms with Crippen LogP contribution < -0.4 is 4.74 Å². The number of halogens is 1. The quantitative estimate of drug-likeness (QED) is 0.458. The van der Waals surface area contributed by atoms with Crippen LogP contribution in [0.15, 0.2) is 48.5 Å². The molecule has 6 nitrogen and oxygen atoms in total. The highest BCUT2D eigenvalue weighted by Gasteiger charge is 2.18. The molecule has 2 aromatic carbocycles. The minimum Gasteiger partial charge on any atom is -0.493 e. The van der Waals surface area contributed by atoms with E-state index in [-0.39, 0.29) is 6.42 Å². The van der Waals surface area contributed by atoms with Crippen LogP contribution in [0.25, 0.3) is 22.5 Å². The van der Waals surface area contributed by atoms with Gasteiger partial charge in [-0.2, -0.15) is 5.10 Å². The Morgan fingerprint density at radius 2 is 1.90 bits per heavy atom. The van der Waals surface area contributed by atoms with E-state index in [1.165, 1.54) is 0 Å². The van der Waals surface area contributed by atoms with E-state index >= 15 is 0 Å². The van der Waals surface area contributed by atoms with Crippen molar-refractivity contribution in [2.24, 2.45) is 0 Å². The second-order valence-corrected chi connectivity index (χ2v) is 7.85. The zero-order chi connectivity index (χ0) is 22.4. The fourth-order valence-corrected chi connectivity index (χ4v) is 3.40. The number of carboxylic acid groups (broad SMARTS) is 1. The number of aliphatic hydroxyl groups excluding tert-OH is 1. The molecule has 0 amide bonds. The minimum atomic E-state index is -0.897. The molecule has 3 aromatic rings. The predicted molar refractivity (Wildman–Crippen MR) is 122 cm³/mol. The Bertz CT molecular complexity index is 1030. The van der Waals surface area contributed by atoms with Gasteiger partial charge in [0.1, 0.15) is 5.75 Å². The number of nitrogens with zero attached hydrogens (tertiary/aromatic N) is 2. The van der Waals surface area contributed by atoms with Gasteiger partial charge < -0.3 is 14.9 Å². The van der Waals surface area contributed by atoms with E-state index in [1.807, 2.05) is 50.2 Å². The van der Waals surface area contributed by atoms with Gasteiger partial charge in [0.15, 0.2) is 0 Å². The van der Waals surface area contributed by atoms with Gasteiger partial charge in [0, 0.05) is 10.6 Å². The first-order valence-corrected chi connectivity index (χ1v) is 10.8. The lowest BCUT2D eigenvalue weighted by atomic mass is 10.0. The number of hydrogen-bond donors (Lipinski definition) is 2. The molecule has 1 atom stereocenters.